The summed E-state index contributed by atoms with van der Waals surface area (Å²) in [5.74, 6) is 0.246. The Morgan fingerprint density at radius 3 is 2.17 bits per heavy atom. The third-order valence-electron chi connectivity index (χ3n) is 4.89. The molecule has 7 heteroatoms. The maximum absolute atomic E-state index is 13.5. The zero-order chi connectivity index (χ0) is 21.8. The normalized spacial score (nSPS) is 12.5. The number of carbonyl (C=O) groups is 1. The molecule has 6 nitrogen and oxygen atoms in total. The molecule has 0 unspecified atom stereocenters. The molecule has 29 heavy (non-hydrogen) atoms. The van der Waals surface area contributed by atoms with Gasteiger partial charge in [0.2, 0.25) is 5.91 Å². The molecule has 2 rings (SSSR count). The zero-order valence-corrected chi connectivity index (χ0v) is 18.7. The highest BCUT2D eigenvalue weighted by Crippen LogP contribution is 2.33. The molecular weight excluding hydrogens is 388 g/mol. The van der Waals surface area contributed by atoms with Gasteiger partial charge >= 0.3 is 0 Å². The number of carbonyl (C=O) groups excluding carboxylic acids is 1. The highest BCUT2D eigenvalue weighted by molar-refractivity contribution is 7.92. The SMILES string of the molecule is COc1ccc(C)cc1N(CC(=O)N[C@@H](C)C(C)C)S(=O)(=O)c1ccc(C)cc1. The predicted octanol–water partition coefficient (Wildman–Crippen LogP) is 3.67. The first-order valence-electron chi connectivity index (χ1n) is 9.59. The molecule has 1 amide bonds. The second-order valence-corrected chi connectivity index (χ2v) is 9.46. The average Bonchev–Trinajstić information content (AvgIpc) is 2.66. The van der Waals surface area contributed by atoms with Crippen LogP contribution in [0.4, 0.5) is 5.69 Å². The lowest BCUT2D eigenvalue weighted by Gasteiger charge is -2.27. The third-order valence-corrected chi connectivity index (χ3v) is 6.66. The van der Waals surface area contributed by atoms with Crippen LogP contribution in [0.25, 0.3) is 0 Å². The number of nitrogens with one attached hydrogen (secondary N) is 1. The molecule has 0 spiro atoms. The quantitative estimate of drug-likeness (QED) is 0.710. The maximum Gasteiger partial charge on any atom is 0.264 e. The largest absolute Gasteiger partial charge is 0.495 e. The molecule has 1 atom stereocenters. The van der Waals surface area contributed by atoms with Crippen LogP contribution in [0.3, 0.4) is 0 Å². The van der Waals surface area contributed by atoms with E-state index < -0.39 is 10.0 Å². The smallest absolute Gasteiger partial charge is 0.264 e. The van der Waals surface area contributed by atoms with Crippen molar-refractivity contribution in [3.05, 3.63) is 53.6 Å². The number of ether oxygens (including phenoxy) is 1. The third kappa shape index (κ3) is 5.50. The van der Waals surface area contributed by atoms with E-state index in [1.807, 2.05) is 40.7 Å². The van der Waals surface area contributed by atoms with Crippen molar-refractivity contribution in [1.29, 1.82) is 0 Å². The molecular formula is C22H30N2O4S. The molecule has 0 aromatic heterocycles. The number of nitrogens with zero attached hydrogens (tertiary/aromatic N) is 1. The minimum absolute atomic E-state index is 0.0779. The molecule has 0 saturated heterocycles. The number of methoxy groups -OCH3 is 1. The lowest BCUT2D eigenvalue weighted by Crippen LogP contribution is -2.45. The Bertz CT molecular complexity index is 953. The van der Waals surface area contributed by atoms with E-state index in [1.54, 1.807) is 36.4 Å². The van der Waals surface area contributed by atoms with Crippen LogP contribution >= 0.6 is 0 Å². The Hall–Kier alpha value is -2.54. The summed E-state index contributed by atoms with van der Waals surface area (Å²) in [7, 11) is -2.50. The van der Waals surface area contributed by atoms with Crippen LogP contribution in [0.5, 0.6) is 5.75 Å². The lowest BCUT2D eigenvalue weighted by molar-refractivity contribution is -0.120. The Kier molecular flexibility index (Phi) is 7.30. The summed E-state index contributed by atoms with van der Waals surface area (Å²) >= 11 is 0. The molecule has 2 aromatic carbocycles. The summed E-state index contributed by atoms with van der Waals surface area (Å²) in [6.45, 7) is 9.30. The number of hydrogen-bond donors (Lipinski definition) is 1. The van der Waals surface area contributed by atoms with Crippen LogP contribution in [0, 0.1) is 19.8 Å². The minimum atomic E-state index is -3.98. The van der Waals surface area contributed by atoms with Gasteiger partial charge in [-0.2, -0.15) is 0 Å². The van der Waals surface area contributed by atoms with E-state index in [0.29, 0.717) is 11.4 Å². The summed E-state index contributed by atoms with van der Waals surface area (Å²) in [4.78, 5) is 12.8. The lowest BCUT2D eigenvalue weighted by atomic mass is 10.1. The fourth-order valence-corrected chi connectivity index (χ4v) is 4.15. The number of amides is 1. The monoisotopic (exact) mass is 418 g/mol. The fraction of sp³-hybridized carbons (Fsp3) is 0.409. The van der Waals surface area contributed by atoms with Crippen molar-refractivity contribution in [3.8, 4) is 5.75 Å². The number of hydrogen-bond acceptors (Lipinski definition) is 4. The van der Waals surface area contributed by atoms with Crippen molar-refractivity contribution >= 4 is 21.6 Å². The van der Waals surface area contributed by atoms with Gasteiger partial charge in [0.1, 0.15) is 12.3 Å². The second kappa shape index (κ2) is 9.31. The molecule has 0 aliphatic heterocycles. The number of sulfonamides is 1. The Balaban J connectivity index is 2.53. The van der Waals surface area contributed by atoms with Crippen molar-refractivity contribution in [2.75, 3.05) is 18.0 Å². The van der Waals surface area contributed by atoms with Gasteiger partial charge in [-0.15, -0.1) is 0 Å². The van der Waals surface area contributed by atoms with Crippen molar-refractivity contribution in [3.63, 3.8) is 0 Å². The second-order valence-electron chi connectivity index (χ2n) is 7.60. The Morgan fingerprint density at radius 1 is 1.03 bits per heavy atom. The van der Waals surface area contributed by atoms with E-state index in [-0.39, 0.29) is 29.3 Å². The first-order valence-corrected chi connectivity index (χ1v) is 11.0. The highest BCUT2D eigenvalue weighted by Gasteiger charge is 2.30. The number of benzene rings is 2. The van der Waals surface area contributed by atoms with Crippen molar-refractivity contribution in [1.82, 2.24) is 5.32 Å². The molecule has 0 bridgehead atoms. The van der Waals surface area contributed by atoms with Crippen LogP contribution in [-0.4, -0.2) is 34.0 Å². The van der Waals surface area contributed by atoms with Gasteiger partial charge in [-0.3, -0.25) is 9.10 Å². The summed E-state index contributed by atoms with van der Waals surface area (Å²) < 4.78 is 33.4. The summed E-state index contributed by atoms with van der Waals surface area (Å²) in [6.07, 6.45) is 0. The average molecular weight is 419 g/mol. The van der Waals surface area contributed by atoms with E-state index in [9.17, 15) is 13.2 Å². The van der Waals surface area contributed by atoms with Gasteiger partial charge in [-0.1, -0.05) is 37.6 Å². The van der Waals surface area contributed by atoms with Gasteiger partial charge in [-0.05, 0) is 56.5 Å². The minimum Gasteiger partial charge on any atom is -0.495 e. The summed E-state index contributed by atoms with van der Waals surface area (Å²) in [5.41, 5.74) is 2.15. The first kappa shape index (κ1) is 22.7. The topological polar surface area (TPSA) is 75.7 Å². The van der Waals surface area contributed by atoms with Crippen LogP contribution < -0.4 is 14.4 Å². The first-order chi connectivity index (χ1) is 13.6. The molecule has 0 aliphatic rings. The Labute approximate surface area is 173 Å². The van der Waals surface area contributed by atoms with Gasteiger partial charge in [0.05, 0.1) is 17.7 Å². The van der Waals surface area contributed by atoms with Crippen LogP contribution in [0.2, 0.25) is 0 Å². The standard InChI is InChI=1S/C22H30N2O4S/c1-15(2)18(5)23-22(25)14-24(20-13-17(4)9-12-21(20)28-6)29(26,27)19-10-7-16(3)8-11-19/h7-13,15,18H,14H2,1-6H3,(H,23,25)/t18-/m0/s1. The van der Waals surface area contributed by atoms with Crippen molar-refractivity contribution < 1.29 is 17.9 Å². The molecule has 0 aliphatic carbocycles. The van der Waals surface area contributed by atoms with Gasteiger partial charge < -0.3 is 10.1 Å². The molecule has 0 heterocycles. The molecule has 2 aromatic rings. The molecule has 0 fully saturated rings. The van der Waals surface area contributed by atoms with Crippen molar-refractivity contribution in [2.24, 2.45) is 5.92 Å². The number of aryl methyl sites for hydroxylation is 2. The molecule has 0 radical (unpaired) electrons. The van der Waals surface area contributed by atoms with E-state index in [4.69, 9.17) is 4.74 Å². The number of anilines is 1. The zero-order valence-electron chi connectivity index (χ0n) is 17.9. The highest BCUT2D eigenvalue weighted by atomic mass is 32.2. The fourth-order valence-electron chi connectivity index (χ4n) is 2.73. The van der Waals surface area contributed by atoms with Gasteiger partial charge in [0.15, 0.2) is 0 Å². The molecule has 0 saturated carbocycles. The Morgan fingerprint density at radius 2 is 1.62 bits per heavy atom. The van der Waals surface area contributed by atoms with E-state index in [1.165, 1.54) is 7.11 Å². The van der Waals surface area contributed by atoms with Gasteiger partial charge in [0.25, 0.3) is 10.0 Å². The van der Waals surface area contributed by atoms with Gasteiger partial charge in [0, 0.05) is 6.04 Å². The van der Waals surface area contributed by atoms with Crippen molar-refractivity contribution in [2.45, 2.75) is 45.6 Å². The summed E-state index contributed by atoms with van der Waals surface area (Å²) in [6, 6.07) is 11.7. The van der Waals surface area contributed by atoms with Crippen LogP contribution in [-0.2, 0) is 14.8 Å². The van der Waals surface area contributed by atoms with Gasteiger partial charge in [-0.25, -0.2) is 8.42 Å². The van der Waals surface area contributed by atoms with Crippen LogP contribution in [0.1, 0.15) is 31.9 Å². The molecule has 1 N–H and O–H groups in total. The van der Waals surface area contributed by atoms with Crippen LogP contribution in [0.15, 0.2) is 47.4 Å². The predicted molar refractivity (Wildman–Crippen MR) is 116 cm³/mol. The van der Waals surface area contributed by atoms with E-state index in [2.05, 4.69) is 5.32 Å². The number of rotatable bonds is 8. The maximum atomic E-state index is 13.5. The van der Waals surface area contributed by atoms with E-state index in [0.717, 1.165) is 15.4 Å². The summed E-state index contributed by atoms with van der Waals surface area (Å²) in [5, 5.41) is 2.88. The molecule has 158 valence electrons. The van der Waals surface area contributed by atoms with E-state index >= 15 is 0 Å².